The van der Waals surface area contributed by atoms with E-state index < -0.39 is 23.8 Å². The first-order valence-corrected chi connectivity index (χ1v) is 11.6. The third kappa shape index (κ3) is 4.74. The van der Waals surface area contributed by atoms with Crippen LogP contribution in [-0.4, -0.2) is 41.8 Å². The third-order valence-electron chi connectivity index (χ3n) is 6.63. The van der Waals surface area contributed by atoms with Gasteiger partial charge in [-0.05, 0) is 50.8 Å². The summed E-state index contributed by atoms with van der Waals surface area (Å²) in [6.07, 6.45) is 0.317. The van der Waals surface area contributed by atoms with Crippen LogP contribution in [0.3, 0.4) is 0 Å². The number of aliphatic hydroxyl groups is 1. The highest BCUT2D eigenvalue weighted by molar-refractivity contribution is 5.76. The van der Waals surface area contributed by atoms with Crippen molar-refractivity contribution in [2.75, 3.05) is 0 Å². The Kier molecular flexibility index (Phi) is 6.33. The molecule has 0 radical (unpaired) electrons. The largest absolute Gasteiger partial charge is 0.472 e. The summed E-state index contributed by atoms with van der Waals surface area (Å²) >= 11 is 0. The molecule has 192 valence electrons. The van der Waals surface area contributed by atoms with Crippen LogP contribution in [0.15, 0.2) is 43.0 Å². The van der Waals surface area contributed by atoms with Gasteiger partial charge in [-0.2, -0.15) is 28.6 Å². The zero-order valence-corrected chi connectivity index (χ0v) is 19.7. The molecule has 0 spiro atoms. The minimum Gasteiger partial charge on any atom is -0.472 e. The molecular weight excluding hydrogens is 492 g/mol. The lowest BCUT2D eigenvalue weighted by Gasteiger charge is -2.26. The average Bonchev–Trinajstić information content (AvgIpc) is 3.46. The Morgan fingerprint density at radius 2 is 1.89 bits per heavy atom. The zero-order valence-electron chi connectivity index (χ0n) is 19.7. The lowest BCUT2D eigenvalue weighted by Crippen LogP contribution is -2.27. The summed E-state index contributed by atoms with van der Waals surface area (Å²) in [5.41, 5.74) is 1.51. The maximum absolute atomic E-state index is 14.0. The van der Waals surface area contributed by atoms with Gasteiger partial charge >= 0.3 is 6.18 Å². The van der Waals surface area contributed by atoms with E-state index in [-0.39, 0.29) is 29.0 Å². The molecule has 0 amide bonds. The normalized spacial score (nSPS) is 19.1. The molecule has 0 aliphatic heterocycles. The van der Waals surface area contributed by atoms with E-state index in [1.807, 2.05) is 17.7 Å². The summed E-state index contributed by atoms with van der Waals surface area (Å²) in [4.78, 5) is 3.57. The van der Waals surface area contributed by atoms with E-state index in [2.05, 4.69) is 15.2 Å². The van der Waals surface area contributed by atoms with Gasteiger partial charge in [-0.3, -0.25) is 9.67 Å². The van der Waals surface area contributed by atoms with Crippen molar-refractivity contribution in [3.8, 4) is 22.9 Å². The smallest absolute Gasteiger partial charge is 0.431 e. The highest BCUT2D eigenvalue weighted by atomic mass is 19.4. The molecule has 5 rings (SSSR count). The highest BCUT2D eigenvalue weighted by Crippen LogP contribution is 2.40. The van der Waals surface area contributed by atoms with Crippen LogP contribution < -0.4 is 4.74 Å². The fraction of sp³-hybridized carbons (Fsp3) is 0.360. The van der Waals surface area contributed by atoms with E-state index in [1.54, 1.807) is 12.4 Å². The minimum atomic E-state index is -4.88. The van der Waals surface area contributed by atoms with Crippen molar-refractivity contribution in [2.45, 2.75) is 57.0 Å². The highest BCUT2D eigenvalue weighted by Gasteiger charge is 2.44. The van der Waals surface area contributed by atoms with Crippen LogP contribution in [0.5, 0.6) is 5.75 Å². The number of nitrogens with zero attached hydrogens (tertiary/aromatic N) is 6. The van der Waals surface area contributed by atoms with Crippen LogP contribution in [-0.2, 0) is 0 Å². The Hall–Kier alpha value is -3.98. The number of aliphatic hydroxyl groups excluding tert-OH is 1. The number of halogens is 4. The molecule has 4 aromatic heterocycles. The number of alkyl halides is 3. The van der Waals surface area contributed by atoms with Gasteiger partial charge < -0.3 is 9.84 Å². The van der Waals surface area contributed by atoms with Crippen LogP contribution in [0, 0.1) is 24.1 Å². The van der Waals surface area contributed by atoms with Crippen molar-refractivity contribution in [1.29, 1.82) is 5.26 Å². The number of nitriles is 1. The number of pyridine rings is 2. The number of hydrogen-bond donors (Lipinski definition) is 1. The number of rotatable bonds is 5. The first-order chi connectivity index (χ1) is 17.7. The van der Waals surface area contributed by atoms with Crippen molar-refractivity contribution in [3.63, 3.8) is 0 Å². The first-order valence-electron chi connectivity index (χ1n) is 11.6. The van der Waals surface area contributed by atoms with Crippen molar-refractivity contribution in [3.05, 3.63) is 65.8 Å². The van der Waals surface area contributed by atoms with Crippen LogP contribution in [0.2, 0.25) is 0 Å². The summed E-state index contributed by atoms with van der Waals surface area (Å²) in [6, 6.07) is 5.22. The van der Waals surface area contributed by atoms with Gasteiger partial charge in [0.05, 0.1) is 36.4 Å². The van der Waals surface area contributed by atoms with Gasteiger partial charge in [0.1, 0.15) is 28.7 Å². The summed E-state index contributed by atoms with van der Waals surface area (Å²) in [6.45, 7) is 1.86. The van der Waals surface area contributed by atoms with Gasteiger partial charge in [-0.25, -0.2) is 8.91 Å². The standard InChI is InChI=1S/C25H22F4N6O2/c1-14-20(12-33-35(14)18-3-5-19(36)6-4-18)15-8-22(23-16(9-30)10-32-34(23)13-15)37-24(25(27,28)29)21-7-2-17(26)11-31-21/h2,7-8,10-13,18-19,24,36H,3-6H2,1H3/t18?,19?,24-/m1/s1. The van der Waals surface area contributed by atoms with Crippen molar-refractivity contribution in [1.82, 2.24) is 24.4 Å². The number of fused-ring (bicyclic) bond motifs is 1. The Morgan fingerprint density at radius 1 is 1.14 bits per heavy atom. The lowest BCUT2D eigenvalue weighted by molar-refractivity contribution is -0.198. The third-order valence-corrected chi connectivity index (χ3v) is 6.63. The van der Waals surface area contributed by atoms with E-state index in [0.29, 0.717) is 30.2 Å². The maximum atomic E-state index is 14.0. The van der Waals surface area contributed by atoms with Crippen LogP contribution in [0.4, 0.5) is 17.6 Å². The molecular formula is C25H22F4N6O2. The van der Waals surface area contributed by atoms with Crippen molar-refractivity contribution in [2.24, 2.45) is 0 Å². The van der Waals surface area contributed by atoms with E-state index in [9.17, 15) is 27.9 Å². The molecule has 4 heterocycles. The molecule has 4 aromatic rings. The SMILES string of the molecule is Cc1c(-c2cc(O[C@H](c3ccc(F)cn3)C(F)(F)F)c3c(C#N)cnn3c2)cnn1C1CCC(O)CC1. The fourth-order valence-corrected chi connectivity index (χ4v) is 4.75. The zero-order chi connectivity index (χ0) is 26.3. The van der Waals surface area contributed by atoms with E-state index in [0.717, 1.165) is 30.7 Å². The minimum absolute atomic E-state index is 0.0303. The molecule has 0 aromatic carbocycles. The van der Waals surface area contributed by atoms with Crippen LogP contribution >= 0.6 is 0 Å². The molecule has 37 heavy (non-hydrogen) atoms. The maximum Gasteiger partial charge on any atom is 0.431 e. The number of ether oxygens (including phenoxy) is 1. The average molecular weight is 514 g/mol. The summed E-state index contributed by atoms with van der Waals surface area (Å²) in [5, 5.41) is 28.0. The Labute approximate surface area is 208 Å². The second kappa shape index (κ2) is 9.48. The summed E-state index contributed by atoms with van der Waals surface area (Å²) in [7, 11) is 0. The second-order valence-electron chi connectivity index (χ2n) is 9.05. The van der Waals surface area contributed by atoms with E-state index >= 15 is 0 Å². The van der Waals surface area contributed by atoms with Crippen molar-refractivity contribution >= 4 is 5.52 Å². The molecule has 1 atom stereocenters. The van der Waals surface area contributed by atoms with Gasteiger partial charge in [-0.1, -0.05) is 0 Å². The number of aromatic nitrogens is 5. The van der Waals surface area contributed by atoms with Gasteiger partial charge in [-0.15, -0.1) is 0 Å². The number of hydrogen-bond acceptors (Lipinski definition) is 6. The summed E-state index contributed by atoms with van der Waals surface area (Å²) < 4.78 is 64.1. The topological polar surface area (TPSA) is 101 Å². The molecule has 1 aliphatic carbocycles. The Bertz CT molecular complexity index is 1460. The predicted octanol–water partition coefficient (Wildman–Crippen LogP) is 5.07. The molecule has 1 saturated carbocycles. The van der Waals surface area contributed by atoms with Gasteiger partial charge in [0.15, 0.2) is 0 Å². The van der Waals surface area contributed by atoms with Crippen LogP contribution in [0.25, 0.3) is 16.6 Å². The van der Waals surface area contributed by atoms with Gasteiger partial charge in [0.25, 0.3) is 0 Å². The summed E-state index contributed by atoms with van der Waals surface area (Å²) in [5.74, 6) is -1.01. The molecule has 8 nitrogen and oxygen atoms in total. The molecule has 0 unspecified atom stereocenters. The van der Waals surface area contributed by atoms with Gasteiger partial charge in [0.2, 0.25) is 6.10 Å². The van der Waals surface area contributed by atoms with Crippen molar-refractivity contribution < 1.29 is 27.4 Å². The molecule has 1 N–H and O–H groups in total. The van der Waals surface area contributed by atoms with Crippen LogP contribution in [0.1, 0.15) is 54.8 Å². The van der Waals surface area contributed by atoms with Gasteiger partial charge in [0, 0.05) is 23.0 Å². The molecule has 1 aliphatic rings. The Balaban J connectivity index is 1.59. The molecule has 0 saturated heterocycles. The Morgan fingerprint density at radius 3 is 2.54 bits per heavy atom. The second-order valence-corrected chi connectivity index (χ2v) is 9.05. The fourth-order valence-electron chi connectivity index (χ4n) is 4.75. The predicted molar refractivity (Wildman–Crippen MR) is 123 cm³/mol. The molecule has 0 bridgehead atoms. The molecule has 12 heteroatoms. The quantitative estimate of drug-likeness (QED) is 0.373. The lowest BCUT2D eigenvalue weighted by atomic mass is 9.93. The first kappa shape index (κ1) is 24.7. The molecule has 1 fully saturated rings. The monoisotopic (exact) mass is 514 g/mol. The van der Waals surface area contributed by atoms with E-state index in [1.165, 1.54) is 16.8 Å². The van der Waals surface area contributed by atoms with E-state index in [4.69, 9.17) is 4.74 Å².